The molecule has 27 heavy (non-hydrogen) atoms. The predicted molar refractivity (Wildman–Crippen MR) is 98.6 cm³/mol. The third-order valence-electron chi connectivity index (χ3n) is 3.53. The van der Waals surface area contributed by atoms with E-state index in [-0.39, 0.29) is 18.6 Å². The second kappa shape index (κ2) is 10.0. The summed E-state index contributed by atoms with van der Waals surface area (Å²) in [5, 5.41) is 2.50. The maximum absolute atomic E-state index is 13.4. The predicted octanol–water partition coefficient (Wildman–Crippen LogP) is 3.43. The largest absolute Gasteiger partial charge is 0.460 e. The first-order valence-electron chi connectivity index (χ1n) is 8.24. The molecule has 0 spiro atoms. The third kappa shape index (κ3) is 6.86. The van der Waals surface area contributed by atoms with E-state index in [4.69, 9.17) is 4.74 Å². The first-order chi connectivity index (χ1) is 13.0. The lowest BCUT2D eigenvalue weighted by molar-refractivity contribution is -0.146. The molecule has 2 aromatic carbocycles. The number of hydrogen-bond donors (Lipinski definition) is 1. The normalized spacial score (nSPS) is 11.8. The zero-order valence-corrected chi connectivity index (χ0v) is 14.5. The molecule has 4 nitrogen and oxygen atoms in total. The van der Waals surface area contributed by atoms with Gasteiger partial charge in [-0.05, 0) is 29.3 Å². The number of carbonyl (C=O) groups is 2. The van der Waals surface area contributed by atoms with Crippen LogP contribution in [0, 0.1) is 11.6 Å². The molecule has 2 aromatic rings. The van der Waals surface area contributed by atoms with Crippen LogP contribution in [0.2, 0.25) is 0 Å². The van der Waals surface area contributed by atoms with Crippen LogP contribution in [-0.2, 0) is 20.7 Å². The van der Waals surface area contributed by atoms with Gasteiger partial charge in [-0.25, -0.2) is 13.6 Å². The van der Waals surface area contributed by atoms with Crippen molar-refractivity contribution < 1.29 is 23.1 Å². The number of halogens is 2. The van der Waals surface area contributed by atoms with Crippen LogP contribution in [0.1, 0.15) is 11.1 Å². The van der Waals surface area contributed by atoms with E-state index in [0.29, 0.717) is 0 Å². The van der Waals surface area contributed by atoms with Crippen LogP contribution in [0.4, 0.5) is 8.78 Å². The number of ether oxygens (including phenoxy) is 1. The summed E-state index contributed by atoms with van der Waals surface area (Å²) < 4.78 is 31.7. The quantitative estimate of drug-likeness (QED) is 0.439. The Balaban J connectivity index is 2.11. The first-order valence-corrected chi connectivity index (χ1v) is 8.24. The van der Waals surface area contributed by atoms with Crippen LogP contribution in [0.3, 0.4) is 0 Å². The summed E-state index contributed by atoms with van der Waals surface area (Å²) >= 11 is 0. The molecule has 1 N–H and O–H groups in total. The van der Waals surface area contributed by atoms with E-state index in [0.717, 1.165) is 23.8 Å². The molecule has 0 fully saturated rings. The maximum Gasteiger partial charge on any atom is 0.329 e. The molecule has 0 aliphatic heterocycles. The summed E-state index contributed by atoms with van der Waals surface area (Å²) in [5.41, 5.74) is 1.03. The lowest BCUT2D eigenvalue weighted by Gasteiger charge is -2.16. The minimum atomic E-state index is -1.10. The van der Waals surface area contributed by atoms with E-state index in [1.54, 1.807) is 6.08 Å². The smallest absolute Gasteiger partial charge is 0.329 e. The molecule has 140 valence electrons. The lowest BCUT2D eigenvalue weighted by Crippen LogP contribution is -2.42. The van der Waals surface area contributed by atoms with Gasteiger partial charge in [-0.2, -0.15) is 0 Å². The van der Waals surface area contributed by atoms with Crippen LogP contribution in [0.15, 0.2) is 67.3 Å². The van der Waals surface area contributed by atoms with Gasteiger partial charge in [0.05, 0.1) is 0 Å². The molecular formula is C21H19F2NO3. The Labute approximate surface area is 156 Å². The van der Waals surface area contributed by atoms with Gasteiger partial charge in [0.1, 0.15) is 24.3 Å². The van der Waals surface area contributed by atoms with Crippen molar-refractivity contribution in [3.8, 4) is 0 Å². The molecule has 0 unspecified atom stereocenters. The zero-order chi connectivity index (χ0) is 19.6. The summed E-state index contributed by atoms with van der Waals surface area (Å²) in [6, 6.07) is 11.0. The Kier molecular flexibility index (Phi) is 7.43. The molecule has 0 aliphatic rings. The van der Waals surface area contributed by atoms with Gasteiger partial charge in [0.15, 0.2) is 0 Å². The highest BCUT2D eigenvalue weighted by atomic mass is 19.1. The molecule has 0 radical (unpaired) electrons. The molecule has 0 saturated heterocycles. The number of hydrogen-bond acceptors (Lipinski definition) is 3. The van der Waals surface area contributed by atoms with Crippen molar-refractivity contribution in [1.82, 2.24) is 5.32 Å². The Morgan fingerprint density at radius 3 is 2.41 bits per heavy atom. The minimum absolute atomic E-state index is 0.0391. The van der Waals surface area contributed by atoms with Gasteiger partial charge in [0.25, 0.3) is 0 Å². The van der Waals surface area contributed by atoms with Crippen molar-refractivity contribution in [2.75, 3.05) is 6.61 Å². The molecule has 1 atom stereocenters. The highest BCUT2D eigenvalue weighted by Gasteiger charge is 2.22. The molecule has 0 heterocycles. The number of nitrogens with one attached hydrogen (secondary N) is 1. The first kappa shape index (κ1) is 20.0. The molecule has 0 aliphatic carbocycles. The number of rotatable bonds is 8. The van der Waals surface area contributed by atoms with E-state index in [9.17, 15) is 18.4 Å². The fraction of sp³-hybridized carbons (Fsp3) is 0.143. The highest BCUT2D eigenvalue weighted by molar-refractivity contribution is 5.94. The SMILES string of the molecule is C=CCOC(=O)[C@H](Cc1cc(F)cc(F)c1)NC(=O)/C=C/c1ccccc1. The van der Waals surface area contributed by atoms with Crippen LogP contribution in [-0.4, -0.2) is 24.5 Å². The maximum atomic E-state index is 13.4. The van der Waals surface area contributed by atoms with Crippen molar-refractivity contribution in [3.63, 3.8) is 0 Å². The average Bonchev–Trinajstić information content (AvgIpc) is 2.64. The topological polar surface area (TPSA) is 55.4 Å². The van der Waals surface area contributed by atoms with Gasteiger partial charge in [-0.3, -0.25) is 4.79 Å². The Hall–Kier alpha value is -3.28. The molecule has 6 heteroatoms. The van der Waals surface area contributed by atoms with E-state index in [1.165, 1.54) is 12.2 Å². The Bertz CT molecular complexity index is 814. The van der Waals surface area contributed by atoms with Gasteiger partial charge in [-0.15, -0.1) is 0 Å². The van der Waals surface area contributed by atoms with Gasteiger partial charge in [0.2, 0.25) is 5.91 Å². The number of benzene rings is 2. The van der Waals surface area contributed by atoms with Crippen molar-refractivity contribution in [3.05, 3.63) is 90.0 Å². The fourth-order valence-corrected chi connectivity index (χ4v) is 2.36. The van der Waals surface area contributed by atoms with Crippen molar-refractivity contribution >= 4 is 18.0 Å². The minimum Gasteiger partial charge on any atom is -0.460 e. The number of amides is 1. The van der Waals surface area contributed by atoms with Crippen LogP contribution in [0.5, 0.6) is 0 Å². The van der Waals surface area contributed by atoms with Crippen LogP contribution >= 0.6 is 0 Å². The molecule has 0 aromatic heterocycles. The summed E-state index contributed by atoms with van der Waals surface area (Å²) in [6.45, 7) is 3.41. The molecule has 0 saturated carbocycles. The number of carbonyl (C=O) groups excluding carboxylic acids is 2. The molecule has 2 rings (SSSR count). The van der Waals surface area contributed by atoms with Gasteiger partial charge < -0.3 is 10.1 Å². The van der Waals surface area contributed by atoms with Crippen molar-refractivity contribution in [2.45, 2.75) is 12.5 Å². The van der Waals surface area contributed by atoms with Crippen LogP contribution < -0.4 is 5.32 Å². The summed E-state index contributed by atoms with van der Waals surface area (Å²) in [4.78, 5) is 24.3. The van der Waals surface area contributed by atoms with Crippen molar-refractivity contribution in [1.29, 1.82) is 0 Å². The Morgan fingerprint density at radius 2 is 1.78 bits per heavy atom. The van der Waals surface area contributed by atoms with E-state index in [1.807, 2.05) is 30.3 Å². The monoisotopic (exact) mass is 371 g/mol. The van der Waals surface area contributed by atoms with E-state index >= 15 is 0 Å². The van der Waals surface area contributed by atoms with Gasteiger partial charge >= 0.3 is 5.97 Å². The standard InChI is InChI=1S/C21H19F2NO3/c1-2-10-27-21(26)19(13-16-11-17(22)14-18(23)12-16)24-20(25)9-8-15-6-4-3-5-7-15/h2-9,11-12,14,19H,1,10,13H2,(H,24,25)/b9-8+/t19-/m0/s1. The average molecular weight is 371 g/mol. The second-order valence-corrected chi connectivity index (χ2v) is 5.71. The molecular weight excluding hydrogens is 352 g/mol. The summed E-state index contributed by atoms with van der Waals surface area (Å²) in [7, 11) is 0. The Morgan fingerprint density at radius 1 is 1.11 bits per heavy atom. The zero-order valence-electron chi connectivity index (χ0n) is 14.5. The molecule has 1 amide bonds. The van der Waals surface area contributed by atoms with E-state index in [2.05, 4.69) is 11.9 Å². The van der Waals surface area contributed by atoms with Crippen molar-refractivity contribution in [2.24, 2.45) is 0 Å². The summed E-state index contributed by atoms with van der Waals surface area (Å²) in [5.74, 6) is -2.78. The lowest BCUT2D eigenvalue weighted by atomic mass is 10.1. The van der Waals surface area contributed by atoms with Gasteiger partial charge in [0, 0.05) is 18.6 Å². The van der Waals surface area contributed by atoms with Crippen LogP contribution in [0.25, 0.3) is 6.08 Å². The number of esters is 1. The summed E-state index contributed by atoms with van der Waals surface area (Å²) in [6.07, 6.45) is 4.13. The second-order valence-electron chi connectivity index (χ2n) is 5.71. The highest BCUT2D eigenvalue weighted by Crippen LogP contribution is 2.11. The van der Waals surface area contributed by atoms with E-state index < -0.39 is 29.6 Å². The molecule has 0 bridgehead atoms. The van der Waals surface area contributed by atoms with Gasteiger partial charge in [-0.1, -0.05) is 43.0 Å². The third-order valence-corrected chi connectivity index (χ3v) is 3.53. The fourth-order valence-electron chi connectivity index (χ4n) is 2.36.